The zero-order chi connectivity index (χ0) is 19.4. The van der Waals surface area contributed by atoms with Crippen LogP contribution in [0.15, 0.2) is 35.4 Å². The second kappa shape index (κ2) is 8.35. The molecule has 142 valence electrons. The van der Waals surface area contributed by atoms with Crippen LogP contribution in [0.2, 0.25) is 0 Å². The van der Waals surface area contributed by atoms with E-state index in [9.17, 15) is 9.59 Å². The Morgan fingerprint density at radius 1 is 1.30 bits per heavy atom. The molecule has 0 unspecified atom stereocenters. The van der Waals surface area contributed by atoms with E-state index in [4.69, 9.17) is 4.74 Å². The topological polar surface area (TPSA) is 73.2 Å². The maximum atomic E-state index is 12.8. The number of ether oxygens (including phenoxy) is 1. The van der Waals surface area contributed by atoms with Crippen molar-refractivity contribution in [2.24, 2.45) is 0 Å². The van der Waals surface area contributed by atoms with Gasteiger partial charge in [0.15, 0.2) is 0 Å². The molecule has 7 heteroatoms. The Bertz CT molecular complexity index is 1020. The molecular formula is C20H23N3O3S. The van der Waals surface area contributed by atoms with Gasteiger partial charge in [-0.25, -0.2) is 4.98 Å². The van der Waals surface area contributed by atoms with Crippen LogP contribution in [0.1, 0.15) is 41.9 Å². The fraction of sp³-hybridized carbons (Fsp3) is 0.350. The molecule has 2 heterocycles. The number of hydrogen-bond acceptors (Lipinski definition) is 5. The second-order valence-corrected chi connectivity index (χ2v) is 7.22. The van der Waals surface area contributed by atoms with Crippen LogP contribution in [0.3, 0.4) is 0 Å². The van der Waals surface area contributed by atoms with Crippen LogP contribution in [-0.4, -0.2) is 22.1 Å². The van der Waals surface area contributed by atoms with Crippen molar-refractivity contribution in [3.63, 3.8) is 0 Å². The summed E-state index contributed by atoms with van der Waals surface area (Å²) in [5.41, 5.74) is 1.19. The summed E-state index contributed by atoms with van der Waals surface area (Å²) in [4.78, 5) is 31.1. The molecule has 27 heavy (non-hydrogen) atoms. The number of nitrogens with one attached hydrogen (secondary N) is 1. The zero-order valence-electron chi connectivity index (χ0n) is 15.7. The molecule has 0 radical (unpaired) electrons. The minimum atomic E-state index is -0.262. The van der Waals surface area contributed by atoms with E-state index in [0.717, 1.165) is 12.8 Å². The highest BCUT2D eigenvalue weighted by Crippen LogP contribution is 2.29. The Hall–Kier alpha value is -2.67. The van der Waals surface area contributed by atoms with Crippen LogP contribution in [0, 0.1) is 6.92 Å². The molecule has 6 nitrogen and oxygen atoms in total. The lowest BCUT2D eigenvalue weighted by atomic mass is 10.2. The van der Waals surface area contributed by atoms with Crippen molar-refractivity contribution in [2.45, 2.75) is 40.2 Å². The highest BCUT2D eigenvalue weighted by atomic mass is 32.1. The number of nitrogens with zero attached hydrogens (tertiary/aromatic N) is 2. The van der Waals surface area contributed by atoms with Crippen LogP contribution < -0.4 is 15.6 Å². The van der Waals surface area contributed by atoms with Gasteiger partial charge in [-0.2, -0.15) is 0 Å². The van der Waals surface area contributed by atoms with Crippen LogP contribution in [0.5, 0.6) is 5.75 Å². The molecule has 3 rings (SSSR count). The number of aryl methyl sites for hydroxylation is 2. The molecule has 3 aromatic rings. The first-order valence-electron chi connectivity index (χ1n) is 9.08. The van der Waals surface area contributed by atoms with Gasteiger partial charge in [0, 0.05) is 6.54 Å². The number of carbonyl (C=O) groups excluding carboxylic acids is 1. The molecule has 0 saturated heterocycles. The Morgan fingerprint density at radius 2 is 2.07 bits per heavy atom. The van der Waals surface area contributed by atoms with Gasteiger partial charge >= 0.3 is 0 Å². The molecule has 0 fully saturated rings. The number of para-hydroxylation sites is 2. The first-order valence-corrected chi connectivity index (χ1v) is 9.90. The summed E-state index contributed by atoms with van der Waals surface area (Å²) in [6.07, 6.45) is 3.49. The van der Waals surface area contributed by atoms with Crippen LogP contribution >= 0.6 is 11.3 Å². The van der Waals surface area contributed by atoms with Crippen molar-refractivity contribution in [1.29, 1.82) is 0 Å². The van der Waals surface area contributed by atoms with Crippen molar-refractivity contribution in [1.82, 2.24) is 9.55 Å². The van der Waals surface area contributed by atoms with Crippen LogP contribution in [0.25, 0.3) is 10.2 Å². The Kier molecular flexibility index (Phi) is 5.91. The summed E-state index contributed by atoms with van der Waals surface area (Å²) in [6, 6.07) is 7.30. The first kappa shape index (κ1) is 19.1. The van der Waals surface area contributed by atoms with Crippen molar-refractivity contribution in [2.75, 3.05) is 11.9 Å². The highest BCUT2D eigenvalue weighted by molar-refractivity contribution is 7.20. The SMILES string of the molecule is CCCCn1cnc2sc(C(=O)Nc3ccccc3OCC)c(C)c2c1=O. The van der Waals surface area contributed by atoms with E-state index in [-0.39, 0.29) is 11.5 Å². The third-order valence-corrected chi connectivity index (χ3v) is 5.51. The molecular weight excluding hydrogens is 362 g/mol. The average Bonchev–Trinajstić information content (AvgIpc) is 3.00. The van der Waals surface area contributed by atoms with Gasteiger partial charge in [0.2, 0.25) is 0 Å². The average molecular weight is 385 g/mol. The molecule has 1 N–H and O–H groups in total. The summed E-state index contributed by atoms with van der Waals surface area (Å²) in [5, 5.41) is 3.42. The van der Waals surface area contributed by atoms with Gasteiger partial charge < -0.3 is 10.1 Å². The number of rotatable bonds is 7. The molecule has 0 spiro atoms. The van der Waals surface area contributed by atoms with Crippen LogP contribution in [-0.2, 0) is 6.54 Å². The lowest BCUT2D eigenvalue weighted by Crippen LogP contribution is -2.20. The first-order chi connectivity index (χ1) is 13.1. The number of carbonyl (C=O) groups is 1. The van der Waals surface area contributed by atoms with Crippen molar-refractivity contribution in [3.8, 4) is 5.75 Å². The third-order valence-electron chi connectivity index (χ3n) is 4.31. The Morgan fingerprint density at radius 3 is 2.81 bits per heavy atom. The summed E-state index contributed by atoms with van der Waals surface area (Å²) in [7, 11) is 0. The monoisotopic (exact) mass is 385 g/mol. The molecule has 0 atom stereocenters. The molecule has 0 aliphatic heterocycles. The fourth-order valence-electron chi connectivity index (χ4n) is 2.89. The second-order valence-electron chi connectivity index (χ2n) is 6.22. The molecule has 0 bridgehead atoms. The number of benzene rings is 1. The van der Waals surface area contributed by atoms with Gasteiger partial charge in [0.05, 0.1) is 28.9 Å². The van der Waals surface area contributed by atoms with E-state index in [1.807, 2.05) is 25.1 Å². The van der Waals surface area contributed by atoms with Gasteiger partial charge in [-0.3, -0.25) is 14.2 Å². The molecule has 0 aliphatic carbocycles. The van der Waals surface area contributed by atoms with Gasteiger partial charge in [0.25, 0.3) is 11.5 Å². The largest absolute Gasteiger partial charge is 0.492 e. The smallest absolute Gasteiger partial charge is 0.266 e. The van der Waals surface area contributed by atoms with Crippen molar-refractivity contribution >= 4 is 33.1 Å². The Balaban J connectivity index is 1.95. The number of hydrogen-bond donors (Lipinski definition) is 1. The van der Waals surface area contributed by atoms with Gasteiger partial charge in [-0.15, -0.1) is 11.3 Å². The quantitative estimate of drug-likeness (QED) is 0.661. The van der Waals surface area contributed by atoms with Gasteiger partial charge in [-0.1, -0.05) is 25.5 Å². The van der Waals surface area contributed by atoms with Gasteiger partial charge in [-0.05, 0) is 38.0 Å². The van der Waals surface area contributed by atoms with E-state index in [1.165, 1.54) is 11.3 Å². The maximum Gasteiger partial charge on any atom is 0.266 e. The number of amides is 1. The van der Waals surface area contributed by atoms with E-state index >= 15 is 0 Å². The lowest BCUT2D eigenvalue weighted by Gasteiger charge is -2.10. The van der Waals surface area contributed by atoms with Crippen molar-refractivity contribution < 1.29 is 9.53 Å². The molecule has 1 amide bonds. The molecule has 0 aliphatic rings. The standard InChI is InChI=1S/C20H23N3O3S/c1-4-6-11-23-12-21-19-16(20(23)25)13(3)17(27-19)18(24)22-14-9-7-8-10-15(14)26-5-2/h7-10,12H,4-6,11H2,1-3H3,(H,22,24). The van der Waals surface area contributed by atoms with E-state index < -0.39 is 0 Å². The summed E-state index contributed by atoms with van der Waals surface area (Å²) < 4.78 is 7.18. The minimum absolute atomic E-state index is 0.0871. The lowest BCUT2D eigenvalue weighted by molar-refractivity contribution is 0.102. The molecule has 0 saturated carbocycles. The number of fused-ring (bicyclic) bond motifs is 1. The Labute approximate surface area is 161 Å². The summed E-state index contributed by atoms with van der Waals surface area (Å²) in [6.45, 7) is 6.92. The number of anilines is 1. The fourth-order valence-corrected chi connectivity index (χ4v) is 3.93. The minimum Gasteiger partial charge on any atom is -0.492 e. The summed E-state index contributed by atoms with van der Waals surface area (Å²) >= 11 is 1.24. The summed E-state index contributed by atoms with van der Waals surface area (Å²) in [5.74, 6) is 0.356. The predicted molar refractivity (Wildman–Crippen MR) is 109 cm³/mol. The molecule has 1 aromatic carbocycles. The van der Waals surface area contributed by atoms with E-state index in [0.29, 0.717) is 45.2 Å². The third kappa shape index (κ3) is 3.88. The van der Waals surface area contributed by atoms with E-state index in [2.05, 4.69) is 17.2 Å². The molecule has 2 aromatic heterocycles. The number of aromatic nitrogens is 2. The highest BCUT2D eigenvalue weighted by Gasteiger charge is 2.20. The van der Waals surface area contributed by atoms with Crippen molar-refractivity contribution in [3.05, 3.63) is 51.4 Å². The maximum absolute atomic E-state index is 12.8. The normalized spacial score (nSPS) is 10.9. The predicted octanol–water partition coefficient (Wildman–Crippen LogP) is 4.22. The van der Waals surface area contributed by atoms with Gasteiger partial charge in [0.1, 0.15) is 10.6 Å². The number of thiophene rings is 1. The van der Waals surface area contributed by atoms with E-state index in [1.54, 1.807) is 23.9 Å². The number of unbranched alkanes of at least 4 members (excludes halogenated alkanes) is 1. The van der Waals surface area contributed by atoms with Crippen LogP contribution in [0.4, 0.5) is 5.69 Å². The zero-order valence-corrected chi connectivity index (χ0v) is 16.6.